The van der Waals surface area contributed by atoms with Crippen molar-refractivity contribution in [3.05, 3.63) is 28.2 Å². The number of halogens is 2. The molecule has 0 bridgehead atoms. The molecule has 1 unspecified atom stereocenters. The number of likely N-dealkylation sites (N-methyl/N-ethyl adjacent to an activating group) is 1. The Kier molecular flexibility index (Phi) is 8.04. The van der Waals surface area contributed by atoms with Crippen LogP contribution in [0, 0.1) is 0 Å². The molecule has 2 N–H and O–H groups in total. The van der Waals surface area contributed by atoms with Crippen LogP contribution in [0.25, 0.3) is 0 Å². The number of nitrogens with one attached hydrogen (secondary N) is 1. The molecule has 4 nitrogen and oxygen atoms in total. The van der Waals surface area contributed by atoms with Crippen molar-refractivity contribution in [2.45, 2.75) is 31.8 Å². The Balaban J connectivity index is 0.000000219. The number of rotatable bonds is 5. The summed E-state index contributed by atoms with van der Waals surface area (Å²) >= 11 is 11.1. The quantitative estimate of drug-likeness (QED) is 0.814. The summed E-state index contributed by atoms with van der Waals surface area (Å²) in [6, 6.07) is 5.63. The minimum atomic E-state index is 0.129. The van der Waals surface area contributed by atoms with Crippen LogP contribution in [0.5, 0.6) is 5.75 Å². The summed E-state index contributed by atoms with van der Waals surface area (Å²) < 4.78 is 0. The highest BCUT2D eigenvalue weighted by atomic mass is 35.5. The molecule has 0 radical (unpaired) electrons. The van der Waals surface area contributed by atoms with E-state index in [0.29, 0.717) is 28.5 Å². The first-order valence-corrected chi connectivity index (χ1v) is 7.71. The van der Waals surface area contributed by atoms with Gasteiger partial charge in [0.1, 0.15) is 12.0 Å². The number of nitrogens with zero attached hydrogens (tertiary/aromatic N) is 1. The van der Waals surface area contributed by atoms with Crippen molar-refractivity contribution in [1.82, 2.24) is 10.2 Å². The number of carbonyl (C=O) groups is 1. The van der Waals surface area contributed by atoms with Crippen LogP contribution in [-0.4, -0.2) is 48.5 Å². The fourth-order valence-corrected chi connectivity index (χ4v) is 2.21. The van der Waals surface area contributed by atoms with Gasteiger partial charge in [-0.05, 0) is 38.6 Å². The molecule has 21 heavy (non-hydrogen) atoms. The van der Waals surface area contributed by atoms with E-state index in [4.69, 9.17) is 28.3 Å². The Bertz CT molecular complexity index is 453. The molecule has 118 valence electrons. The maximum absolute atomic E-state index is 10.2. The average Bonchev–Trinajstić information content (AvgIpc) is 2.39. The number of hydrogen-bond donors (Lipinski definition) is 2. The second-order valence-electron chi connectivity index (χ2n) is 5.17. The summed E-state index contributed by atoms with van der Waals surface area (Å²) in [5, 5.41) is 12.9. The van der Waals surface area contributed by atoms with Gasteiger partial charge in [0.2, 0.25) is 0 Å². The summed E-state index contributed by atoms with van der Waals surface area (Å²) in [6.45, 7) is 4.38. The van der Waals surface area contributed by atoms with E-state index in [-0.39, 0.29) is 5.75 Å². The van der Waals surface area contributed by atoms with E-state index in [2.05, 4.69) is 24.2 Å². The first-order chi connectivity index (χ1) is 9.95. The predicted octanol–water partition coefficient (Wildman–Crippen LogP) is 2.96. The lowest BCUT2D eigenvalue weighted by molar-refractivity contribution is -0.108. The van der Waals surface area contributed by atoms with E-state index >= 15 is 0 Å². The standard InChI is InChI=1S/C9H18N2O.C6H4Cl2O/c1-8(4-3-5-12)11(2)9-6-10-7-9;7-5-2-1-4(9)3-6(5)8/h5,8-10H,3-4,6-7H2,1-2H3;1-3,9H. The molecular formula is C15H22Cl2N2O2. The van der Waals surface area contributed by atoms with Crippen LogP contribution in [0.3, 0.4) is 0 Å². The summed E-state index contributed by atoms with van der Waals surface area (Å²) in [4.78, 5) is 12.5. The highest BCUT2D eigenvalue weighted by molar-refractivity contribution is 6.42. The molecule has 0 aromatic heterocycles. The van der Waals surface area contributed by atoms with Crippen LogP contribution >= 0.6 is 23.2 Å². The third-order valence-electron chi connectivity index (χ3n) is 3.64. The smallest absolute Gasteiger partial charge is 0.120 e. The van der Waals surface area contributed by atoms with Gasteiger partial charge in [0.05, 0.1) is 10.0 Å². The summed E-state index contributed by atoms with van der Waals surface area (Å²) in [7, 11) is 2.14. The maximum atomic E-state index is 10.2. The number of aldehydes is 1. The van der Waals surface area contributed by atoms with E-state index in [1.165, 1.54) is 12.1 Å². The van der Waals surface area contributed by atoms with E-state index in [0.717, 1.165) is 25.8 Å². The minimum absolute atomic E-state index is 0.129. The van der Waals surface area contributed by atoms with E-state index in [1.807, 2.05) is 0 Å². The molecule has 1 aliphatic heterocycles. The van der Waals surface area contributed by atoms with Gasteiger partial charge in [0.25, 0.3) is 0 Å². The molecule has 1 aromatic rings. The van der Waals surface area contributed by atoms with Gasteiger partial charge < -0.3 is 15.2 Å². The molecule has 1 fully saturated rings. The van der Waals surface area contributed by atoms with Gasteiger partial charge in [-0.15, -0.1) is 0 Å². The lowest BCUT2D eigenvalue weighted by Crippen LogP contribution is -2.58. The SMILES string of the molecule is CC(CCC=O)N(C)C1CNC1.Oc1ccc(Cl)c(Cl)c1. The summed E-state index contributed by atoms with van der Waals surface area (Å²) in [5.74, 6) is 0.129. The first kappa shape index (κ1) is 18.2. The fraction of sp³-hybridized carbons (Fsp3) is 0.533. The van der Waals surface area contributed by atoms with Crippen molar-refractivity contribution in [2.75, 3.05) is 20.1 Å². The molecule has 1 aliphatic rings. The zero-order valence-corrected chi connectivity index (χ0v) is 13.9. The van der Waals surface area contributed by atoms with Crippen LogP contribution < -0.4 is 5.32 Å². The third kappa shape index (κ3) is 6.22. The third-order valence-corrected chi connectivity index (χ3v) is 4.38. The van der Waals surface area contributed by atoms with Gasteiger partial charge >= 0.3 is 0 Å². The number of benzene rings is 1. The van der Waals surface area contributed by atoms with E-state index < -0.39 is 0 Å². The molecule has 1 heterocycles. The minimum Gasteiger partial charge on any atom is -0.508 e. The first-order valence-electron chi connectivity index (χ1n) is 6.96. The van der Waals surface area contributed by atoms with Crippen molar-refractivity contribution >= 4 is 29.5 Å². The molecule has 0 spiro atoms. The highest BCUT2D eigenvalue weighted by Crippen LogP contribution is 2.25. The normalized spacial score (nSPS) is 15.9. The molecule has 6 heteroatoms. The van der Waals surface area contributed by atoms with Crippen molar-refractivity contribution in [1.29, 1.82) is 0 Å². The highest BCUT2D eigenvalue weighted by Gasteiger charge is 2.24. The molecule has 1 atom stereocenters. The number of aromatic hydroxyl groups is 1. The lowest BCUT2D eigenvalue weighted by Gasteiger charge is -2.39. The number of hydrogen-bond acceptors (Lipinski definition) is 4. The van der Waals surface area contributed by atoms with Gasteiger partial charge in [-0.2, -0.15) is 0 Å². The molecule has 0 aliphatic carbocycles. The number of phenolic OH excluding ortho intramolecular Hbond substituents is 1. The average molecular weight is 333 g/mol. The maximum Gasteiger partial charge on any atom is 0.120 e. The molecule has 1 saturated heterocycles. The van der Waals surface area contributed by atoms with Gasteiger partial charge in [-0.1, -0.05) is 23.2 Å². The summed E-state index contributed by atoms with van der Waals surface area (Å²) in [5.41, 5.74) is 0. The largest absolute Gasteiger partial charge is 0.508 e. The van der Waals surface area contributed by atoms with Crippen LogP contribution in [0.1, 0.15) is 19.8 Å². The van der Waals surface area contributed by atoms with E-state index in [9.17, 15) is 4.79 Å². The Hall–Kier alpha value is -0.810. The van der Waals surface area contributed by atoms with Crippen molar-refractivity contribution < 1.29 is 9.90 Å². The number of phenols is 1. The van der Waals surface area contributed by atoms with Gasteiger partial charge in [0, 0.05) is 31.6 Å². The van der Waals surface area contributed by atoms with Crippen LogP contribution in [0.4, 0.5) is 0 Å². The molecule has 0 amide bonds. The Morgan fingerprint density at radius 1 is 1.43 bits per heavy atom. The molecule has 1 aromatic carbocycles. The zero-order valence-electron chi connectivity index (χ0n) is 12.4. The monoisotopic (exact) mass is 332 g/mol. The molecule has 0 saturated carbocycles. The molecular weight excluding hydrogens is 311 g/mol. The summed E-state index contributed by atoms with van der Waals surface area (Å²) in [6.07, 6.45) is 2.67. The topological polar surface area (TPSA) is 52.6 Å². The number of carbonyl (C=O) groups excluding carboxylic acids is 1. The van der Waals surface area contributed by atoms with Crippen LogP contribution in [-0.2, 0) is 4.79 Å². The Labute approximate surface area is 136 Å². The molecule has 2 rings (SSSR count). The van der Waals surface area contributed by atoms with Crippen molar-refractivity contribution in [3.63, 3.8) is 0 Å². The lowest BCUT2D eigenvalue weighted by atomic mass is 10.1. The predicted molar refractivity (Wildman–Crippen MR) is 87.3 cm³/mol. The van der Waals surface area contributed by atoms with Gasteiger partial charge in [0.15, 0.2) is 0 Å². The fourth-order valence-electron chi connectivity index (χ4n) is 1.92. The van der Waals surface area contributed by atoms with Crippen LogP contribution in [0.15, 0.2) is 18.2 Å². The second-order valence-corrected chi connectivity index (χ2v) is 5.98. The Morgan fingerprint density at radius 2 is 2.10 bits per heavy atom. The van der Waals surface area contributed by atoms with Gasteiger partial charge in [-0.25, -0.2) is 0 Å². The second kappa shape index (κ2) is 9.26. The Morgan fingerprint density at radius 3 is 2.52 bits per heavy atom. The van der Waals surface area contributed by atoms with Gasteiger partial charge in [-0.3, -0.25) is 4.90 Å². The zero-order chi connectivity index (χ0) is 15.8. The van der Waals surface area contributed by atoms with Crippen LogP contribution in [0.2, 0.25) is 10.0 Å². The van der Waals surface area contributed by atoms with Crippen molar-refractivity contribution in [2.24, 2.45) is 0 Å². The van der Waals surface area contributed by atoms with E-state index in [1.54, 1.807) is 6.07 Å². The van der Waals surface area contributed by atoms with Crippen molar-refractivity contribution in [3.8, 4) is 5.75 Å².